The molecule has 1 heterocycles. The zero-order valence-electron chi connectivity index (χ0n) is 11.1. The summed E-state index contributed by atoms with van der Waals surface area (Å²) >= 11 is 3.33. The third-order valence-electron chi connectivity index (χ3n) is 3.23. The van der Waals surface area contributed by atoms with Crippen molar-refractivity contribution < 1.29 is 14.3 Å². The third kappa shape index (κ3) is 2.94. The number of carbonyl (C=O) groups is 2. The Bertz CT molecular complexity index is 536. The molecule has 20 heavy (non-hydrogen) atoms. The average Bonchev–Trinajstić information content (AvgIpc) is 2.46. The van der Waals surface area contributed by atoms with Crippen molar-refractivity contribution in [3.63, 3.8) is 0 Å². The van der Waals surface area contributed by atoms with E-state index >= 15 is 0 Å². The maximum absolute atomic E-state index is 12.6. The number of primary amides is 1. The van der Waals surface area contributed by atoms with Gasteiger partial charge < -0.3 is 20.7 Å². The van der Waals surface area contributed by atoms with Crippen LogP contribution in [-0.2, 0) is 4.79 Å². The van der Waals surface area contributed by atoms with Crippen LogP contribution in [0.1, 0.15) is 10.4 Å². The zero-order valence-corrected chi connectivity index (χ0v) is 12.6. The number of hydrogen-bond acceptors (Lipinski definition) is 4. The molecule has 1 saturated heterocycles. The van der Waals surface area contributed by atoms with E-state index < -0.39 is 11.9 Å². The third-order valence-corrected chi connectivity index (χ3v) is 3.72. The van der Waals surface area contributed by atoms with Gasteiger partial charge in [0.1, 0.15) is 11.8 Å². The molecule has 0 radical (unpaired) electrons. The fraction of sp³-hybridized carbons (Fsp3) is 0.385. The summed E-state index contributed by atoms with van der Waals surface area (Å²) in [4.78, 5) is 25.6. The highest BCUT2D eigenvalue weighted by atomic mass is 79.9. The molecule has 1 unspecified atom stereocenters. The first-order valence-electron chi connectivity index (χ1n) is 6.19. The number of amides is 2. The van der Waals surface area contributed by atoms with Crippen LogP contribution in [0.2, 0.25) is 0 Å². The summed E-state index contributed by atoms with van der Waals surface area (Å²) in [7, 11) is 1.50. The lowest BCUT2D eigenvalue weighted by Crippen LogP contribution is -2.58. The molecule has 6 nitrogen and oxygen atoms in total. The Hall–Kier alpha value is -1.60. The van der Waals surface area contributed by atoms with E-state index in [1.54, 1.807) is 18.2 Å². The number of carbonyl (C=O) groups excluding carboxylic acids is 2. The van der Waals surface area contributed by atoms with Crippen LogP contribution in [0.5, 0.6) is 5.75 Å². The highest BCUT2D eigenvalue weighted by molar-refractivity contribution is 9.10. The van der Waals surface area contributed by atoms with Gasteiger partial charge in [-0.1, -0.05) is 15.9 Å². The fourth-order valence-electron chi connectivity index (χ4n) is 2.20. The monoisotopic (exact) mass is 341 g/mol. The number of methoxy groups -OCH3 is 1. The van der Waals surface area contributed by atoms with Crippen molar-refractivity contribution in [2.45, 2.75) is 6.04 Å². The number of benzene rings is 1. The molecule has 0 bridgehead atoms. The SMILES string of the molecule is COc1cc(Br)ccc1C(=O)N1CCNCC1C(N)=O. The molecular formula is C13H16BrN3O3. The van der Waals surface area contributed by atoms with E-state index in [1.165, 1.54) is 12.0 Å². The molecule has 1 aromatic rings. The van der Waals surface area contributed by atoms with Crippen molar-refractivity contribution in [1.82, 2.24) is 10.2 Å². The van der Waals surface area contributed by atoms with Gasteiger partial charge in [-0.25, -0.2) is 0 Å². The molecule has 1 atom stereocenters. The molecule has 3 N–H and O–H groups in total. The number of nitrogens with one attached hydrogen (secondary N) is 1. The van der Waals surface area contributed by atoms with Gasteiger partial charge in [-0.05, 0) is 18.2 Å². The lowest BCUT2D eigenvalue weighted by atomic mass is 10.1. The molecular weight excluding hydrogens is 326 g/mol. The van der Waals surface area contributed by atoms with E-state index in [-0.39, 0.29) is 5.91 Å². The van der Waals surface area contributed by atoms with Crippen LogP contribution < -0.4 is 15.8 Å². The molecule has 0 aromatic heterocycles. The molecule has 108 valence electrons. The van der Waals surface area contributed by atoms with Crippen molar-refractivity contribution in [3.05, 3.63) is 28.2 Å². The molecule has 7 heteroatoms. The first-order chi connectivity index (χ1) is 9.54. The summed E-state index contributed by atoms with van der Waals surface area (Å²) in [5.74, 6) is -0.299. The Morgan fingerprint density at radius 3 is 2.90 bits per heavy atom. The highest BCUT2D eigenvalue weighted by Crippen LogP contribution is 2.25. The predicted molar refractivity (Wildman–Crippen MR) is 77.6 cm³/mol. The Labute approximate surface area is 125 Å². The summed E-state index contributed by atoms with van der Waals surface area (Å²) in [5.41, 5.74) is 5.78. The lowest BCUT2D eigenvalue weighted by molar-refractivity contribution is -0.122. The van der Waals surface area contributed by atoms with E-state index in [2.05, 4.69) is 21.2 Å². The van der Waals surface area contributed by atoms with Crippen LogP contribution in [0.25, 0.3) is 0 Å². The van der Waals surface area contributed by atoms with E-state index in [0.29, 0.717) is 30.9 Å². The number of hydrogen-bond donors (Lipinski definition) is 2. The van der Waals surface area contributed by atoms with E-state index in [0.717, 1.165) is 4.47 Å². The Kier molecular flexibility index (Phi) is 4.61. The summed E-state index contributed by atoms with van der Waals surface area (Å²) in [6.45, 7) is 1.44. The molecule has 1 aliphatic rings. The normalized spacial score (nSPS) is 18.7. The number of piperazine rings is 1. The Morgan fingerprint density at radius 1 is 1.50 bits per heavy atom. The van der Waals surface area contributed by atoms with Gasteiger partial charge in [-0.15, -0.1) is 0 Å². The van der Waals surface area contributed by atoms with Crippen LogP contribution >= 0.6 is 15.9 Å². The zero-order chi connectivity index (χ0) is 14.7. The molecule has 0 aliphatic carbocycles. The number of nitrogens with two attached hydrogens (primary N) is 1. The van der Waals surface area contributed by atoms with E-state index in [9.17, 15) is 9.59 Å². The maximum atomic E-state index is 12.6. The van der Waals surface area contributed by atoms with Gasteiger partial charge in [0.2, 0.25) is 5.91 Å². The van der Waals surface area contributed by atoms with Gasteiger partial charge in [0.05, 0.1) is 12.7 Å². The van der Waals surface area contributed by atoms with Crippen LogP contribution in [0.3, 0.4) is 0 Å². The van der Waals surface area contributed by atoms with E-state index in [1.807, 2.05) is 0 Å². The smallest absolute Gasteiger partial charge is 0.258 e. The number of ether oxygens (including phenoxy) is 1. The van der Waals surface area contributed by atoms with Crippen molar-refractivity contribution in [2.24, 2.45) is 5.73 Å². The highest BCUT2D eigenvalue weighted by Gasteiger charge is 2.32. The van der Waals surface area contributed by atoms with Crippen LogP contribution in [0.15, 0.2) is 22.7 Å². The summed E-state index contributed by atoms with van der Waals surface area (Å²) in [6.07, 6.45) is 0. The molecule has 2 rings (SSSR count). The molecule has 1 aromatic carbocycles. The molecule has 0 spiro atoms. The van der Waals surface area contributed by atoms with Gasteiger partial charge in [-0.3, -0.25) is 9.59 Å². The van der Waals surface area contributed by atoms with Crippen molar-refractivity contribution in [3.8, 4) is 5.75 Å². The molecule has 1 fully saturated rings. The van der Waals surface area contributed by atoms with Gasteiger partial charge in [0, 0.05) is 24.1 Å². The average molecular weight is 342 g/mol. The second-order valence-corrected chi connectivity index (χ2v) is 5.38. The summed E-state index contributed by atoms with van der Waals surface area (Å²) in [5, 5.41) is 3.06. The van der Waals surface area contributed by atoms with Crippen molar-refractivity contribution in [1.29, 1.82) is 0 Å². The second kappa shape index (κ2) is 6.23. The second-order valence-electron chi connectivity index (χ2n) is 4.47. The van der Waals surface area contributed by atoms with Crippen LogP contribution in [0, 0.1) is 0 Å². The number of nitrogens with zero attached hydrogens (tertiary/aromatic N) is 1. The maximum Gasteiger partial charge on any atom is 0.258 e. The van der Waals surface area contributed by atoms with Crippen LogP contribution in [-0.4, -0.2) is 49.5 Å². The molecule has 0 saturated carbocycles. The fourth-order valence-corrected chi connectivity index (χ4v) is 2.54. The van der Waals surface area contributed by atoms with Gasteiger partial charge >= 0.3 is 0 Å². The van der Waals surface area contributed by atoms with Gasteiger partial charge in [0.25, 0.3) is 5.91 Å². The van der Waals surface area contributed by atoms with Crippen molar-refractivity contribution in [2.75, 3.05) is 26.7 Å². The Balaban J connectivity index is 2.32. The van der Waals surface area contributed by atoms with Crippen molar-refractivity contribution >= 4 is 27.7 Å². The summed E-state index contributed by atoms with van der Waals surface area (Å²) < 4.78 is 6.04. The lowest BCUT2D eigenvalue weighted by Gasteiger charge is -2.34. The largest absolute Gasteiger partial charge is 0.496 e. The Morgan fingerprint density at radius 2 is 2.25 bits per heavy atom. The first-order valence-corrected chi connectivity index (χ1v) is 6.98. The van der Waals surface area contributed by atoms with Crippen LogP contribution in [0.4, 0.5) is 0 Å². The van der Waals surface area contributed by atoms with Gasteiger partial charge in [0.15, 0.2) is 0 Å². The first kappa shape index (κ1) is 14.8. The summed E-state index contributed by atoms with van der Waals surface area (Å²) in [6, 6.07) is 4.52. The topological polar surface area (TPSA) is 84.7 Å². The molecule has 1 aliphatic heterocycles. The minimum Gasteiger partial charge on any atom is -0.496 e. The quantitative estimate of drug-likeness (QED) is 0.831. The number of halogens is 1. The number of rotatable bonds is 3. The minimum atomic E-state index is -0.635. The van der Waals surface area contributed by atoms with Gasteiger partial charge in [-0.2, -0.15) is 0 Å². The molecule has 2 amide bonds. The van der Waals surface area contributed by atoms with E-state index in [4.69, 9.17) is 10.5 Å². The predicted octanol–water partition coefficient (Wildman–Crippen LogP) is 0.357. The standard InChI is InChI=1S/C13H16BrN3O3/c1-20-11-6-8(14)2-3-9(11)13(19)17-5-4-16-7-10(17)12(15)18/h2-3,6,10,16H,4-5,7H2,1H3,(H2,15,18). The minimum absolute atomic E-state index is 0.250.